The Morgan fingerprint density at radius 3 is 2.60 bits per heavy atom. The van der Waals surface area contributed by atoms with E-state index in [0.29, 0.717) is 17.5 Å². The average molecular weight is 427 g/mol. The number of hydrogen-bond donors (Lipinski definition) is 2. The fourth-order valence-electron chi connectivity index (χ4n) is 2.87. The molecule has 1 aromatic heterocycles. The number of amides is 1. The van der Waals surface area contributed by atoms with E-state index in [9.17, 15) is 9.18 Å². The zero-order valence-corrected chi connectivity index (χ0v) is 17.7. The van der Waals surface area contributed by atoms with E-state index in [-0.39, 0.29) is 28.8 Å². The monoisotopic (exact) mass is 426 g/mol. The highest BCUT2D eigenvalue weighted by Crippen LogP contribution is 2.25. The minimum absolute atomic E-state index is 0.0110. The second-order valence-corrected chi connectivity index (χ2v) is 7.46. The Hall–Kier alpha value is -2.99. The van der Waals surface area contributed by atoms with Crippen LogP contribution in [-0.2, 0) is 6.42 Å². The standard InChI is InChI=1S/C23H24ClFN4O/c1-3-15(2)28-22(30)19-14-27-23(26-13-12-16-8-10-17(24)11-9-16)29-21(19)18-6-4-5-7-20(18)25/h4-11,14-15H,3,12-13H2,1-2H3,(H,28,30)(H,26,27,29). The summed E-state index contributed by atoms with van der Waals surface area (Å²) in [6.45, 7) is 4.47. The molecule has 1 amide bonds. The lowest BCUT2D eigenvalue weighted by atomic mass is 10.1. The van der Waals surface area contributed by atoms with E-state index in [1.165, 1.54) is 12.3 Å². The third kappa shape index (κ3) is 5.54. The number of benzene rings is 2. The quantitative estimate of drug-likeness (QED) is 0.524. The topological polar surface area (TPSA) is 66.9 Å². The van der Waals surface area contributed by atoms with Gasteiger partial charge in [-0.05, 0) is 49.6 Å². The first-order valence-electron chi connectivity index (χ1n) is 9.89. The number of carbonyl (C=O) groups excluding carboxylic acids is 1. The number of anilines is 1. The van der Waals surface area contributed by atoms with Crippen LogP contribution in [0.4, 0.5) is 10.3 Å². The van der Waals surface area contributed by atoms with Crippen LogP contribution in [0.3, 0.4) is 0 Å². The fourth-order valence-corrected chi connectivity index (χ4v) is 2.99. The van der Waals surface area contributed by atoms with Gasteiger partial charge < -0.3 is 10.6 Å². The molecule has 3 rings (SSSR count). The van der Waals surface area contributed by atoms with Crippen LogP contribution in [0, 0.1) is 5.82 Å². The summed E-state index contributed by atoms with van der Waals surface area (Å²) in [4.78, 5) is 21.4. The number of nitrogens with zero attached hydrogens (tertiary/aromatic N) is 2. The molecule has 0 aliphatic carbocycles. The zero-order valence-electron chi connectivity index (χ0n) is 17.0. The van der Waals surface area contributed by atoms with E-state index >= 15 is 0 Å². The first kappa shape index (κ1) is 21.7. The molecular formula is C23H24ClFN4O. The van der Waals surface area contributed by atoms with E-state index in [4.69, 9.17) is 11.6 Å². The molecule has 0 radical (unpaired) electrons. The van der Waals surface area contributed by atoms with Crippen molar-refractivity contribution in [3.05, 3.63) is 76.7 Å². The van der Waals surface area contributed by atoms with Crippen molar-refractivity contribution in [2.24, 2.45) is 0 Å². The van der Waals surface area contributed by atoms with Crippen LogP contribution < -0.4 is 10.6 Å². The Bertz CT molecular complexity index is 1010. The van der Waals surface area contributed by atoms with E-state index in [2.05, 4.69) is 20.6 Å². The SMILES string of the molecule is CCC(C)NC(=O)c1cnc(NCCc2ccc(Cl)cc2)nc1-c1ccccc1F. The van der Waals surface area contributed by atoms with Crippen molar-refractivity contribution in [1.82, 2.24) is 15.3 Å². The molecule has 2 N–H and O–H groups in total. The number of hydrogen-bond acceptors (Lipinski definition) is 4. The van der Waals surface area contributed by atoms with Crippen LogP contribution in [0.15, 0.2) is 54.7 Å². The third-order valence-corrected chi connectivity index (χ3v) is 5.01. The van der Waals surface area contributed by atoms with Gasteiger partial charge >= 0.3 is 0 Å². The van der Waals surface area contributed by atoms with Gasteiger partial charge in [0.25, 0.3) is 5.91 Å². The molecule has 30 heavy (non-hydrogen) atoms. The van der Waals surface area contributed by atoms with Crippen LogP contribution in [0.25, 0.3) is 11.3 Å². The van der Waals surface area contributed by atoms with Crippen molar-refractivity contribution < 1.29 is 9.18 Å². The summed E-state index contributed by atoms with van der Waals surface area (Å²) in [5.74, 6) is -0.432. The number of aromatic nitrogens is 2. The highest BCUT2D eigenvalue weighted by atomic mass is 35.5. The highest BCUT2D eigenvalue weighted by Gasteiger charge is 2.19. The van der Waals surface area contributed by atoms with Crippen LogP contribution in [0.5, 0.6) is 0 Å². The second kappa shape index (κ2) is 10.2. The lowest BCUT2D eigenvalue weighted by Gasteiger charge is -2.15. The van der Waals surface area contributed by atoms with Crippen molar-refractivity contribution in [3.8, 4) is 11.3 Å². The number of carbonyl (C=O) groups is 1. The van der Waals surface area contributed by atoms with Gasteiger partial charge in [0, 0.05) is 29.4 Å². The summed E-state index contributed by atoms with van der Waals surface area (Å²) in [7, 11) is 0. The molecule has 0 aliphatic heterocycles. The summed E-state index contributed by atoms with van der Waals surface area (Å²) in [6.07, 6.45) is 2.97. The van der Waals surface area contributed by atoms with Gasteiger partial charge in [-0.3, -0.25) is 4.79 Å². The minimum atomic E-state index is -0.444. The van der Waals surface area contributed by atoms with Crippen LogP contribution >= 0.6 is 11.6 Å². The van der Waals surface area contributed by atoms with Crippen molar-refractivity contribution in [3.63, 3.8) is 0 Å². The number of nitrogens with one attached hydrogen (secondary N) is 2. The molecule has 156 valence electrons. The van der Waals surface area contributed by atoms with Gasteiger partial charge in [0.15, 0.2) is 0 Å². The van der Waals surface area contributed by atoms with Crippen molar-refractivity contribution in [1.29, 1.82) is 0 Å². The molecule has 1 unspecified atom stereocenters. The normalized spacial score (nSPS) is 11.7. The molecule has 0 spiro atoms. The molecule has 0 aliphatic rings. The Kier molecular flexibility index (Phi) is 7.36. The second-order valence-electron chi connectivity index (χ2n) is 7.02. The van der Waals surface area contributed by atoms with E-state index in [1.807, 2.05) is 38.1 Å². The maximum Gasteiger partial charge on any atom is 0.255 e. The highest BCUT2D eigenvalue weighted by molar-refractivity contribution is 6.30. The van der Waals surface area contributed by atoms with Gasteiger partial charge in [0.1, 0.15) is 5.82 Å². The van der Waals surface area contributed by atoms with Gasteiger partial charge in [-0.2, -0.15) is 0 Å². The molecule has 0 saturated carbocycles. The maximum absolute atomic E-state index is 14.5. The maximum atomic E-state index is 14.5. The fraction of sp³-hybridized carbons (Fsp3) is 0.261. The van der Waals surface area contributed by atoms with Crippen LogP contribution in [0.1, 0.15) is 36.2 Å². The Balaban J connectivity index is 1.83. The summed E-state index contributed by atoms with van der Waals surface area (Å²) in [5, 5.41) is 6.73. The molecule has 3 aromatic rings. The van der Waals surface area contributed by atoms with Crippen LogP contribution in [0.2, 0.25) is 5.02 Å². The van der Waals surface area contributed by atoms with Gasteiger partial charge in [-0.25, -0.2) is 14.4 Å². The average Bonchev–Trinajstić information content (AvgIpc) is 2.75. The summed E-state index contributed by atoms with van der Waals surface area (Å²) in [6, 6.07) is 13.9. The van der Waals surface area contributed by atoms with Gasteiger partial charge in [-0.15, -0.1) is 0 Å². The molecule has 0 bridgehead atoms. The molecule has 5 nitrogen and oxygen atoms in total. The third-order valence-electron chi connectivity index (χ3n) is 4.76. The molecule has 1 heterocycles. The Morgan fingerprint density at radius 1 is 1.17 bits per heavy atom. The zero-order chi connectivity index (χ0) is 21.5. The van der Waals surface area contributed by atoms with Gasteiger partial charge in [-0.1, -0.05) is 42.8 Å². The first-order valence-corrected chi connectivity index (χ1v) is 10.3. The van der Waals surface area contributed by atoms with Crippen molar-refractivity contribution in [2.45, 2.75) is 32.7 Å². The molecule has 0 saturated heterocycles. The summed E-state index contributed by atoms with van der Waals surface area (Å²) >= 11 is 5.91. The number of rotatable bonds is 8. The lowest BCUT2D eigenvalue weighted by molar-refractivity contribution is 0.0939. The first-order chi connectivity index (χ1) is 14.5. The van der Waals surface area contributed by atoms with Crippen molar-refractivity contribution in [2.75, 3.05) is 11.9 Å². The predicted molar refractivity (Wildman–Crippen MR) is 118 cm³/mol. The van der Waals surface area contributed by atoms with E-state index < -0.39 is 5.82 Å². The van der Waals surface area contributed by atoms with Crippen molar-refractivity contribution >= 4 is 23.5 Å². The van der Waals surface area contributed by atoms with Crippen LogP contribution in [-0.4, -0.2) is 28.5 Å². The Labute approximate surface area is 180 Å². The molecule has 7 heteroatoms. The van der Waals surface area contributed by atoms with Gasteiger partial charge in [0.05, 0.1) is 11.3 Å². The van der Waals surface area contributed by atoms with E-state index in [1.54, 1.807) is 18.2 Å². The smallest absolute Gasteiger partial charge is 0.255 e. The van der Waals surface area contributed by atoms with Gasteiger partial charge in [0.2, 0.25) is 5.95 Å². The largest absolute Gasteiger partial charge is 0.354 e. The summed E-state index contributed by atoms with van der Waals surface area (Å²) in [5.41, 5.74) is 1.88. The molecular weight excluding hydrogens is 403 g/mol. The molecule has 1 atom stereocenters. The molecule has 2 aromatic carbocycles. The lowest BCUT2D eigenvalue weighted by Crippen LogP contribution is -2.32. The molecule has 0 fully saturated rings. The predicted octanol–water partition coefficient (Wildman–Crippen LogP) is 5.12. The number of halogens is 2. The van der Waals surface area contributed by atoms with E-state index in [0.717, 1.165) is 18.4 Å². The summed E-state index contributed by atoms with van der Waals surface area (Å²) < 4.78 is 14.5. The minimum Gasteiger partial charge on any atom is -0.354 e. The Morgan fingerprint density at radius 2 is 1.90 bits per heavy atom.